The van der Waals surface area contributed by atoms with Crippen molar-refractivity contribution in [2.75, 3.05) is 30.4 Å². The Balaban J connectivity index is 1.04. The van der Waals surface area contributed by atoms with E-state index in [-0.39, 0.29) is 12.1 Å². The largest absolute Gasteiger partial charge is 0.365 e. The molecule has 2 atom stereocenters. The van der Waals surface area contributed by atoms with Gasteiger partial charge >= 0.3 is 0 Å². The van der Waals surface area contributed by atoms with Crippen molar-refractivity contribution in [1.82, 2.24) is 35.9 Å². The van der Waals surface area contributed by atoms with Crippen LogP contribution in [0.3, 0.4) is 0 Å². The minimum Gasteiger partial charge on any atom is -0.365 e. The van der Waals surface area contributed by atoms with Crippen LogP contribution in [0, 0.1) is 6.92 Å². The molecule has 11 heteroatoms. The van der Waals surface area contributed by atoms with E-state index in [1.54, 1.807) is 18.0 Å². The fourth-order valence-electron chi connectivity index (χ4n) is 5.03. The van der Waals surface area contributed by atoms with Crippen molar-refractivity contribution in [2.45, 2.75) is 63.4 Å². The molecule has 2 unspecified atom stereocenters. The van der Waals surface area contributed by atoms with E-state index < -0.39 is 5.60 Å². The molecule has 0 spiro atoms. The van der Waals surface area contributed by atoms with E-state index in [2.05, 4.69) is 49.5 Å². The second kappa shape index (κ2) is 9.97. The molecule has 3 aromatic rings. The highest BCUT2D eigenvalue weighted by molar-refractivity contribution is 5.89. The summed E-state index contributed by atoms with van der Waals surface area (Å²) in [5.41, 5.74) is 8.70. The quantitative estimate of drug-likeness (QED) is 0.338. The number of hydrogen-bond acceptors (Lipinski definition) is 9. The molecule has 0 aromatic carbocycles. The Kier molecular flexibility index (Phi) is 6.50. The fraction of sp³-hybridized carbons (Fsp3) is 0.481. The van der Waals surface area contributed by atoms with Crippen molar-refractivity contribution in [3.05, 3.63) is 59.5 Å². The number of nitrogens with one attached hydrogen (secondary N) is 4. The summed E-state index contributed by atoms with van der Waals surface area (Å²) >= 11 is 0. The third kappa shape index (κ3) is 5.09. The van der Waals surface area contributed by atoms with Crippen LogP contribution in [0.1, 0.15) is 48.9 Å². The third-order valence-electron chi connectivity index (χ3n) is 7.49. The smallest absolute Gasteiger partial charge is 0.256 e. The number of anilines is 2. The van der Waals surface area contributed by atoms with Gasteiger partial charge in [0.25, 0.3) is 5.91 Å². The van der Waals surface area contributed by atoms with Gasteiger partial charge in [-0.25, -0.2) is 20.1 Å². The summed E-state index contributed by atoms with van der Waals surface area (Å²) in [4.78, 5) is 24.5. The van der Waals surface area contributed by atoms with Crippen LogP contribution in [-0.4, -0.2) is 63.7 Å². The van der Waals surface area contributed by atoms with E-state index in [0.717, 1.165) is 40.7 Å². The van der Waals surface area contributed by atoms with E-state index >= 15 is 0 Å². The van der Waals surface area contributed by atoms with E-state index in [1.807, 2.05) is 37.4 Å². The van der Waals surface area contributed by atoms with E-state index in [9.17, 15) is 4.79 Å². The summed E-state index contributed by atoms with van der Waals surface area (Å²) in [6.45, 7) is 5.43. The van der Waals surface area contributed by atoms with Crippen LogP contribution in [0.2, 0.25) is 0 Å². The first kappa shape index (κ1) is 24.8. The summed E-state index contributed by atoms with van der Waals surface area (Å²) < 4.78 is 7.52. The second-order valence-electron chi connectivity index (χ2n) is 10.7. The first-order valence-electron chi connectivity index (χ1n) is 13.3. The van der Waals surface area contributed by atoms with Gasteiger partial charge in [-0.05, 0) is 68.5 Å². The highest BCUT2D eigenvalue weighted by Gasteiger charge is 2.50. The Hall–Kier alpha value is -3.54. The van der Waals surface area contributed by atoms with Crippen LogP contribution in [0.15, 0.2) is 42.7 Å². The summed E-state index contributed by atoms with van der Waals surface area (Å²) in [5.74, 6) is 2.88. The number of hydrogen-bond donors (Lipinski definition) is 4. The Morgan fingerprint density at radius 2 is 2.03 bits per heavy atom. The van der Waals surface area contributed by atoms with Gasteiger partial charge in [0.05, 0.1) is 24.9 Å². The predicted octanol–water partition coefficient (Wildman–Crippen LogP) is 1.99. The number of hydrazine groups is 1. The molecule has 0 bridgehead atoms. The normalized spacial score (nSPS) is 22.2. The van der Waals surface area contributed by atoms with Crippen molar-refractivity contribution in [2.24, 2.45) is 0 Å². The highest BCUT2D eigenvalue weighted by Crippen LogP contribution is 2.39. The molecule has 2 saturated heterocycles. The number of nitrogens with zero attached hydrogens (tertiary/aromatic N) is 5. The standard InChI is InChI=1S/C27H35N9O2/c1-17-10-22(30-23-12-18(2)32-33-23)31-25(11-17)35-15-27(16-35,38-3)26(37)29-14-19-4-7-24(28-13-19)36-9-8-21(34-36)20-5-6-20/h4,7-11,13,18,20,23,32-33H,5-6,12,14-16H2,1-3H3,(H,29,37)(H,30,31). The minimum absolute atomic E-state index is 0.121. The van der Waals surface area contributed by atoms with Crippen molar-refractivity contribution in [3.8, 4) is 5.82 Å². The Morgan fingerprint density at radius 1 is 1.18 bits per heavy atom. The Bertz CT molecular complexity index is 1300. The van der Waals surface area contributed by atoms with Crippen LogP contribution in [0.5, 0.6) is 0 Å². The molecule has 4 N–H and O–H groups in total. The maximum absolute atomic E-state index is 13.1. The van der Waals surface area contributed by atoms with Crippen molar-refractivity contribution in [3.63, 3.8) is 0 Å². The molecule has 5 heterocycles. The SMILES string of the molecule is COC1(C(=O)NCc2ccc(-n3ccc(C4CC4)n3)nc2)CN(c2cc(C)cc(NC3CC(C)NN3)n2)C1. The van der Waals surface area contributed by atoms with Crippen LogP contribution in [0.25, 0.3) is 5.82 Å². The molecule has 2 aliphatic heterocycles. The lowest BCUT2D eigenvalue weighted by Crippen LogP contribution is -2.70. The van der Waals surface area contributed by atoms with Gasteiger partial charge in [0.2, 0.25) is 0 Å². The third-order valence-corrected chi connectivity index (χ3v) is 7.49. The molecular formula is C27H35N9O2. The van der Waals surface area contributed by atoms with Gasteiger partial charge in [0, 0.05) is 38.0 Å². The molecule has 1 amide bonds. The van der Waals surface area contributed by atoms with Crippen LogP contribution in [-0.2, 0) is 16.1 Å². The van der Waals surface area contributed by atoms with Gasteiger partial charge in [-0.15, -0.1) is 0 Å². The van der Waals surface area contributed by atoms with Crippen molar-refractivity contribution < 1.29 is 9.53 Å². The fourth-order valence-corrected chi connectivity index (χ4v) is 5.03. The van der Waals surface area contributed by atoms with Gasteiger partial charge in [-0.2, -0.15) is 5.10 Å². The number of rotatable bonds is 9. The molecule has 11 nitrogen and oxygen atoms in total. The number of carbonyl (C=O) groups is 1. The maximum atomic E-state index is 13.1. The number of aryl methyl sites for hydroxylation is 1. The maximum Gasteiger partial charge on any atom is 0.256 e. The van der Waals surface area contributed by atoms with Gasteiger partial charge in [-0.3, -0.25) is 10.2 Å². The summed E-state index contributed by atoms with van der Waals surface area (Å²) in [6, 6.07) is 10.4. The molecular weight excluding hydrogens is 482 g/mol. The molecule has 200 valence electrons. The average Bonchev–Trinajstić information content (AvgIpc) is 3.47. The second-order valence-corrected chi connectivity index (χ2v) is 10.7. The van der Waals surface area contributed by atoms with Crippen LogP contribution >= 0.6 is 0 Å². The molecule has 1 saturated carbocycles. The molecule has 3 aliphatic rings. The molecule has 0 radical (unpaired) electrons. The van der Waals surface area contributed by atoms with Gasteiger partial charge in [0.1, 0.15) is 11.6 Å². The van der Waals surface area contributed by atoms with E-state index in [1.165, 1.54) is 12.8 Å². The monoisotopic (exact) mass is 517 g/mol. The predicted molar refractivity (Wildman–Crippen MR) is 144 cm³/mol. The number of pyridine rings is 2. The van der Waals surface area contributed by atoms with Crippen molar-refractivity contribution >= 4 is 17.5 Å². The lowest BCUT2D eigenvalue weighted by atomic mass is 9.92. The van der Waals surface area contributed by atoms with Gasteiger partial charge in [0.15, 0.2) is 11.4 Å². The lowest BCUT2D eigenvalue weighted by Gasteiger charge is -2.48. The first-order valence-corrected chi connectivity index (χ1v) is 13.3. The molecule has 3 fully saturated rings. The number of ether oxygens (including phenoxy) is 1. The Labute approximate surface area is 222 Å². The zero-order valence-electron chi connectivity index (χ0n) is 22.1. The first-order chi connectivity index (χ1) is 18.4. The topological polar surface area (TPSA) is 121 Å². The number of aromatic nitrogens is 4. The molecule has 1 aliphatic carbocycles. The summed E-state index contributed by atoms with van der Waals surface area (Å²) in [7, 11) is 1.59. The number of carbonyl (C=O) groups excluding carboxylic acids is 1. The van der Waals surface area contributed by atoms with E-state index in [4.69, 9.17) is 9.72 Å². The van der Waals surface area contributed by atoms with Gasteiger partial charge < -0.3 is 20.3 Å². The zero-order chi connectivity index (χ0) is 26.3. The van der Waals surface area contributed by atoms with Gasteiger partial charge in [-0.1, -0.05) is 6.07 Å². The number of methoxy groups -OCH3 is 1. The molecule has 3 aromatic heterocycles. The summed E-state index contributed by atoms with van der Waals surface area (Å²) in [5, 5.41) is 11.1. The van der Waals surface area contributed by atoms with Crippen LogP contribution in [0.4, 0.5) is 11.6 Å². The van der Waals surface area contributed by atoms with Crippen LogP contribution < -0.4 is 26.4 Å². The highest BCUT2D eigenvalue weighted by atomic mass is 16.5. The van der Waals surface area contributed by atoms with E-state index in [0.29, 0.717) is 31.6 Å². The lowest BCUT2D eigenvalue weighted by molar-refractivity contribution is -0.146. The van der Waals surface area contributed by atoms with Crippen molar-refractivity contribution in [1.29, 1.82) is 0 Å². The summed E-state index contributed by atoms with van der Waals surface area (Å²) in [6.07, 6.45) is 7.26. The molecule has 38 heavy (non-hydrogen) atoms. The number of amides is 1. The average molecular weight is 518 g/mol. The molecule has 6 rings (SSSR count). The zero-order valence-corrected chi connectivity index (χ0v) is 22.1. The Morgan fingerprint density at radius 3 is 2.71 bits per heavy atom. The minimum atomic E-state index is -0.910.